The third-order valence-corrected chi connectivity index (χ3v) is 24.0. The number of carbonyl (C=O) groups is 4. The number of fused-ring (bicyclic) bond motifs is 4. The van der Waals surface area contributed by atoms with Crippen molar-refractivity contribution in [2.75, 3.05) is 72.0 Å². The van der Waals surface area contributed by atoms with Crippen LogP contribution in [0.3, 0.4) is 0 Å². The Bertz CT molecular complexity index is 6970. The van der Waals surface area contributed by atoms with Gasteiger partial charge in [-0.2, -0.15) is 5.10 Å². The number of hydrogen-bond donors (Lipinski definition) is 6. The number of aromatic nitrogens is 7. The molecule has 4 fully saturated rings. The quantitative estimate of drug-likeness (QED) is 0.00833. The summed E-state index contributed by atoms with van der Waals surface area (Å²) in [6.45, 7) is 22.0. The second-order valence-electron chi connectivity index (χ2n) is 36.0. The molecule has 3 saturated heterocycles. The van der Waals surface area contributed by atoms with Crippen LogP contribution in [0.1, 0.15) is 125 Å². The van der Waals surface area contributed by atoms with Crippen LogP contribution in [0, 0.1) is 89.4 Å². The molecule has 34 heteroatoms. The second kappa shape index (κ2) is 54.0. The number of nitro benzene ring substituents is 2. The maximum Gasteiger partial charge on any atom is 0.324 e. The number of nitro groups is 2. The first-order chi connectivity index (χ1) is 68.4. The van der Waals surface area contributed by atoms with Crippen molar-refractivity contribution in [3.8, 4) is 51.7 Å². The smallest absolute Gasteiger partial charge is 0.324 e. The predicted octanol–water partition coefficient (Wildman–Crippen LogP) is 23.0. The fourth-order valence-corrected chi connectivity index (χ4v) is 16.6. The van der Waals surface area contributed by atoms with Gasteiger partial charge in [0.05, 0.1) is 74.0 Å². The zero-order valence-electron chi connectivity index (χ0n) is 83.5. The van der Waals surface area contributed by atoms with Crippen molar-refractivity contribution >= 4 is 138 Å². The first kappa shape index (κ1) is 110. The van der Waals surface area contributed by atoms with Gasteiger partial charge in [-0.25, -0.2) is 14.5 Å². The number of rotatable bonds is 19. The van der Waals surface area contributed by atoms with Gasteiger partial charge in [0.1, 0.15) is 63.4 Å². The number of likely N-dealkylation sites (tertiary alicyclic amines) is 3. The Kier molecular flexibility index (Phi) is 41.5. The molecule has 143 heavy (non-hydrogen) atoms. The molecule has 3 atom stereocenters. The number of aromatic amines is 1. The number of amides is 5. The zero-order valence-corrected chi connectivity index (χ0v) is 89.3. The van der Waals surface area contributed by atoms with Gasteiger partial charge >= 0.3 is 6.03 Å². The molecule has 15 aromatic rings. The summed E-state index contributed by atoms with van der Waals surface area (Å²) in [7, 11) is 3.75. The van der Waals surface area contributed by atoms with E-state index in [0.717, 1.165) is 120 Å². The van der Waals surface area contributed by atoms with Crippen molar-refractivity contribution in [2.24, 2.45) is 23.7 Å². The molecule has 6 aromatic heterocycles. The summed E-state index contributed by atoms with van der Waals surface area (Å²) in [4.78, 5) is 109. The van der Waals surface area contributed by atoms with Crippen molar-refractivity contribution in [1.29, 1.82) is 1.34 Å². The number of halogens is 1. The Labute approximate surface area is 890 Å². The second-order valence-corrected chi connectivity index (χ2v) is 36.0. The van der Waals surface area contributed by atoms with E-state index in [4.69, 9.17) is 44.0 Å². The van der Waals surface area contributed by atoms with Gasteiger partial charge in [0, 0.05) is 231 Å². The van der Waals surface area contributed by atoms with Crippen molar-refractivity contribution < 1.29 is 102 Å². The molecule has 1 aliphatic carbocycles. The van der Waals surface area contributed by atoms with Crippen LogP contribution >= 0.6 is 22.6 Å². The standard InChI is InChI=1S/C37H40N6O3.C22H21N3O4.C22H23N3O2.C15H11N3O3.C6H12.C5H6N2O.CH3I.CH3.BH.Pd.U.H2/c1-24-10-12-27(13-11-24)43-34(22-33(41-43)37(3,4)5)40-36(45)39-31-14-15-32(30-9-7-6-8-29(30)31)46-28-16-18-38-26(20-28)21-35(44)42-19-17-25(2)23-42;1-15-9-11-24(14-15)22(26)13-16-12-17(8-10-23-16)29-21-7-6-20(25(27)28)18-4-2-3-5-19(18)21;1-15-9-11-25(14-15)22(26)13-16-12-17(8-10-24-16)27-21-7-6-20(23)18-4-2-3-5-19(18)21;16-15-9-10(7-8-17-15)21-14-6-5-13(18(19)20)11-3-1-2-4-12(11)14;1-6-4-2-3-5-6;6-5-3-4(8)1-2-7-5;1-2;;;;;/h6-16,18,20,22,25H,17,19,21,23H2,1-5H3,(H2,39,40,45);2-8,10,12,15H,9,11,13-14H2,1H3;2-8,10,12,15H,9,11,13-14,23H2,1H3;1-9H,(H2,16,17);6H,2-5H2,1H3;1-3H,(H3,6,7,8);1H3;1H3;1H;;;1H/q;;;;;;;-1;;;;/t25-;2*15-;;;;;;;;;/m111........./s1/i;;;;;;1D;;1D;;;. The summed E-state index contributed by atoms with van der Waals surface area (Å²) in [6, 6.07) is 69.4. The molecular formula is C109H122BIN17O13PdU-. The summed E-state index contributed by atoms with van der Waals surface area (Å²) in [5.41, 5.74) is 22.9. The number of ether oxygens (including phenoxy) is 4. The molecule has 0 unspecified atom stereocenters. The summed E-state index contributed by atoms with van der Waals surface area (Å²) < 4.78 is 37.4. The Morgan fingerprint density at radius 1 is 0.503 bits per heavy atom. The number of H-pyrrole nitrogens is 1. The summed E-state index contributed by atoms with van der Waals surface area (Å²) in [6.07, 6.45) is 17.9. The number of nitrogen functional groups attached to an aromatic ring is 3. The SMILES string of the molecule is CC1CCCC1.C[C@@H]1CCN(C(=O)Cc2cc(Oc3ccc(N)c4ccccc34)ccn2)C1.C[C@@H]1CCN(C(=O)Cc2cc(Oc3ccc([N+](=O)[O-])c4ccccc34)ccn2)C1.Cc1ccc(-n2nc(C(C)(C)C)cc2NC(=O)Nc2ccc(Oc3ccnc(CC(=O)N4CC[C@@H](C)C4)c3)c3ccccc23)cc1.Nc1cc(=O)cc[nH]1.Nc1cc(Oc2ccc([N+](=O)[O-])c3ccccc23)ccn1.[2H]CI.[2H][B].[CH3-].[HH].[Pd].[U]. The minimum absolute atomic E-state index is 0. The molecule has 1 saturated carbocycles. The van der Waals surface area contributed by atoms with Gasteiger partial charge in [-0.1, -0.05) is 199 Å². The van der Waals surface area contributed by atoms with Gasteiger partial charge in [-0.05, 0) is 141 Å². The van der Waals surface area contributed by atoms with Crippen LogP contribution in [-0.4, -0.2) is 137 Å². The van der Waals surface area contributed by atoms with E-state index in [0.29, 0.717) is 125 Å². The largest absolute Gasteiger partial charge is 0.457 e. The Hall–Kier alpha value is -13.6. The Balaban J connectivity index is 0.000000228. The van der Waals surface area contributed by atoms with Gasteiger partial charge in [0.25, 0.3) is 11.4 Å². The number of anilines is 5. The Morgan fingerprint density at radius 3 is 1.25 bits per heavy atom. The van der Waals surface area contributed by atoms with Crippen molar-refractivity contribution in [3.05, 3.63) is 334 Å². The predicted molar refractivity (Wildman–Crippen MR) is 572 cm³/mol. The van der Waals surface area contributed by atoms with Crippen LogP contribution in [0.25, 0.3) is 48.8 Å². The topological polar surface area (TPSA) is 406 Å². The van der Waals surface area contributed by atoms with E-state index in [-0.39, 0.29) is 119 Å². The number of nitrogens with one attached hydrogen (secondary N) is 3. The third kappa shape index (κ3) is 31.7. The van der Waals surface area contributed by atoms with E-state index in [1.54, 1.807) is 114 Å². The summed E-state index contributed by atoms with van der Waals surface area (Å²) >= 11 is 1.96. The van der Waals surface area contributed by atoms with Crippen LogP contribution in [0.2, 0.25) is 0 Å². The number of nitrogens with two attached hydrogens (primary N) is 3. The average molecular weight is 2360 g/mol. The molecule has 30 nitrogen and oxygen atoms in total. The fraction of sp³-hybridized carbons (Fsp3) is 0.275. The summed E-state index contributed by atoms with van der Waals surface area (Å²) in [5.74, 6) is 9.03. The molecule has 2 radical (unpaired) electrons. The monoisotopic (exact) mass is 2360 g/mol. The number of alkyl halides is 1. The third-order valence-electron chi connectivity index (χ3n) is 24.0. The molecule has 0 bridgehead atoms. The average Bonchev–Trinajstić information content (AvgIpc) is 1.01. The number of urea groups is 1. The molecule has 9 N–H and O–H groups in total. The molecule has 9 aromatic carbocycles. The summed E-state index contributed by atoms with van der Waals surface area (Å²) in [5, 5.41) is 39.1. The molecule has 0 spiro atoms. The van der Waals surface area contributed by atoms with Crippen molar-refractivity contribution in [1.82, 2.24) is 49.4 Å². The van der Waals surface area contributed by atoms with Gasteiger partial charge in [-0.3, -0.25) is 59.7 Å². The number of benzene rings is 9. The van der Waals surface area contributed by atoms with E-state index < -0.39 is 9.85 Å². The maximum atomic E-state index is 13.4. The number of pyridine rings is 5. The maximum absolute atomic E-state index is 13.4. The van der Waals surface area contributed by atoms with E-state index in [2.05, 4.69) is 92.4 Å². The van der Waals surface area contributed by atoms with Crippen molar-refractivity contribution in [3.63, 3.8) is 0 Å². The molecule has 746 valence electrons. The van der Waals surface area contributed by atoms with Crippen LogP contribution < -0.4 is 52.2 Å². The molecule has 19 rings (SSSR count). The number of carbonyl (C=O) groups excluding carboxylic acids is 4. The first-order valence-electron chi connectivity index (χ1n) is 47.4. The van der Waals surface area contributed by atoms with Gasteiger partial charge in [0.15, 0.2) is 5.43 Å². The van der Waals surface area contributed by atoms with Crippen LogP contribution in [0.4, 0.5) is 45.0 Å². The van der Waals surface area contributed by atoms with Crippen LogP contribution in [0.15, 0.2) is 272 Å². The first-order valence-corrected chi connectivity index (χ1v) is 47.7. The van der Waals surface area contributed by atoms with Crippen LogP contribution in [-0.2, 0) is 59.5 Å². The molecule has 3 aliphatic heterocycles. The molecular weight excluding hydrogens is 2240 g/mol. The van der Waals surface area contributed by atoms with Gasteiger partial charge < -0.3 is 68.6 Å². The number of nitrogens with zero attached hydrogens (tertiary/aromatic N) is 11. The molecule has 4 aliphatic rings. The van der Waals surface area contributed by atoms with Gasteiger partial charge in [0.2, 0.25) is 17.7 Å². The minimum Gasteiger partial charge on any atom is -0.457 e. The van der Waals surface area contributed by atoms with Crippen molar-refractivity contribution in [2.45, 2.75) is 125 Å². The Morgan fingerprint density at radius 2 is 0.881 bits per heavy atom. The molecule has 5 amide bonds. The van der Waals surface area contributed by atoms with Gasteiger partial charge in [-0.15, -0.1) is 0 Å². The fourth-order valence-electron chi connectivity index (χ4n) is 16.6. The minimum atomic E-state index is -0.406. The van der Waals surface area contributed by atoms with E-state index in [1.807, 2.05) is 166 Å². The number of hydrogen-bond acceptors (Lipinski definition) is 21. The zero-order chi connectivity index (χ0) is 102. The number of aryl methyl sites for hydroxylation is 1. The van der Waals surface area contributed by atoms with Crippen LogP contribution in [0.5, 0.6) is 46.0 Å². The molecule has 9 heterocycles. The number of non-ortho nitro benzene ring substituents is 2. The van der Waals surface area contributed by atoms with E-state index in [9.17, 15) is 44.2 Å². The normalized spacial score (nSPS) is 14.5. The van der Waals surface area contributed by atoms with E-state index in [1.165, 1.54) is 62.3 Å². The van der Waals surface area contributed by atoms with E-state index >= 15 is 0 Å².